The van der Waals surface area contributed by atoms with E-state index < -0.39 is 38.2 Å². The molecule has 0 N–H and O–H groups in total. The molecule has 0 aliphatic heterocycles. The second kappa shape index (κ2) is 5.98. The Hall–Kier alpha value is -0.680. The fourth-order valence-corrected chi connectivity index (χ4v) is 2.71. The Bertz CT molecular complexity index is 607. The van der Waals surface area contributed by atoms with Crippen molar-refractivity contribution in [2.45, 2.75) is 23.0 Å². The maximum absolute atomic E-state index is 12.8. The Morgan fingerprint density at radius 1 is 1.40 bits per heavy atom. The zero-order valence-corrected chi connectivity index (χ0v) is 12.2. The van der Waals surface area contributed by atoms with Gasteiger partial charge in [-0.2, -0.15) is 0 Å². The summed E-state index contributed by atoms with van der Waals surface area (Å²) >= 11 is 2.80. The van der Waals surface area contributed by atoms with E-state index in [2.05, 4.69) is 25.7 Å². The van der Waals surface area contributed by atoms with Gasteiger partial charge in [0, 0.05) is 21.6 Å². The lowest BCUT2D eigenvalue weighted by atomic mass is 10.2. The number of aromatic nitrogens is 1. The first-order valence-electron chi connectivity index (χ1n) is 4.54. The van der Waals surface area contributed by atoms with Crippen molar-refractivity contribution in [3.8, 4) is 5.88 Å². The average Bonchev–Trinajstić information content (AvgIpc) is 2.23. The summed E-state index contributed by atoms with van der Waals surface area (Å²) in [6.45, 7) is 0. The number of pyridine rings is 1. The molecule has 12 heteroatoms. The lowest BCUT2D eigenvalue weighted by molar-refractivity contribution is -0.277. The van der Waals surface area contributed by atoms with E-state index >= 15 is 0 Å². The first kappa shape index (κ1) is 17.4. The molecule has 0 atom stereocenters. The number of alkyl halides is 6. The minimum atomic E-state index is -5.31. The summed E-state index contributed by atoms with van der Waals surface area (Å²) < 4.78 is 87.9. The molecule has 0 saturated heterocycles. The van der Waals surface area contributed by atoms with Gasteiger partial charge in [-0.3, -0.25) is 0 Å². The maximum Gasteiger partial charge on any atom is 0.574 e. The first-order valence-corrected chi connectivity index (χ1v) is 7.97. The van der Waals surface area contributed by atoms with Crippen LogP contribution in [0.2, 0.25) is 0 Å². The van der Waals surface area contributed by atoms with Gasteiger partial charge in [0.1, 0.15) is 0 Å². The van der Waals surface area contributed by atoms with E-state index in [0.717, 1.165) is 0 Å². The molecular formula is C8H4BrClF5NO3S. The molecular weight excluding hydrogens is 401 g/mol. The zero-order valence-electron chi connectivity index (χ0n) is 9.09. The third kappa shape index (κ3) is 4.42. The third-order valence-corrected chi connectivity index (χ3v) is 3.79. The summed E-state index contributed by atoms with van der Waals surface area (Å²) in [7, 11) is -0.0400. The van der Waals surface area contributed by atoms with Crippen molar-refractivity contribution in [1.29, 1.82) is 0 Å². The van der Waals surface area contributed by atoms with E-state index in [1.54, 1.807) is 0 Å². The standard InChI is InChI=1S/C8H4BrClF5NO3S/c9-2-3-1-4(6(11)12)5(20(10,17)18)7(16-3)19-8(13,14)15/h1,6H,2H2. The number of nitrogens with zero attached hydrogens (tertiary/aromatic N) is 1. The molecule has 114 valence electrons. The van der Waals surface area contributed by atoms with Crippen LogP contribution >= 0.6 is 26.6 Å². The highest BCUT2D eigenvalue weighted by Gasteiger charge is 2.37. The van der Waals surface area contributed by atoms with Gasteiger partial charge in [0.15, 0.2) is 4.90 Å². The topological polar surface area (TPSA) is 56.3 Å². The van der Waals surface area contributed by atoms with E-state index in [9.17, 15) is 30.4 Å². The summed E-state index contributed by atoms with van der Waals surface area (Å²) in [5.41, 5.74) is -1.49. The molecule has 1 rings (SSSR count). The highest BCUT2D eigenvalue weighted by Crippen LogP contribution is 2.37. The van der Waals surface area contributed by atoms with Gasteiger partial charge in [-0.05, 0) is 6.07 Å². The molecule has 0 amide bonds. The van der Waals surface area contributed by atoms with Crippen molar-refractivity contribution in [3.05, 3.63) is 17.3 Å². The fourth-order valence-electron chi connectivity index (χ4n) is 1.24. The Morgan fingerprint density at radius 3 is 2.30 bits per heavy atom. The smallest absolute Gasteiger partial charge is 0.386 e. The fraction of sp³-hybridized carbons (Fsp3) is 0.375. The molecule has 0 spiro atoms. The molecule has 0 fully saturated rings. The molecule has 4 nitrogen and oxygen atoms in total. The SMILES string of the molecule is O=S(=O)(Cl)c1c(C(F)F)cc(CBr)nc1OC(F)(F)F. The molecule has 1 aromatic heterocycles. The molecule has 1 aromatic rings. The van der Waals surface area contributed by atoms with Crippen LogP contribution in [0.3, 0.4) is 0 Å². The molecule has 0 radical (unpaired) electrons. The van der Waals surface area contributed by atoms with Crippen molar-refractivity contribution < 1.29 is 35.1 Å². The van der Waals surface area contributed by atoms with Gasteiger partial charge in [0.05, 0.1) is 5.69 Å². The average molecular weight is 405 g/mol. The van der Waals surface area contributed by atoms with Crippen molar-refractivity contribution in [2.24, 2.45) is 0 Å². The molecule has 20 heavy (non-hydrogen) atoms. The van der Waals surface area contributed by atoms with Gasteiger partial charge in [-0.25, -0.2) is 22.2 Å². The second-order valence-electron chi connectivity index (χ2n) is 3.26. The quantitative estimate of drug-likeness (QED) is 0.436. The van der Waals surface area contributed by atoms with E-state index in [0.29, 0.717) is 6.07 Å². The summed E-state index contributed by atoms with van der Waals surface area (Å²) in [6.07, 6.45) is -8.69. The van der Waals surface area contributed by atoms with Crippen LogP contribution in [0.25, 0.3) is 0 Å². The summed E-state index contributed by atoms with van der Waals surface area (Å²) in [4.78, 5) is 1.70. The second-order valence-corrected chi connectivity index (χ2v) is 6.32. The van der Waals surface area contributed by atoms with E-state index in [1.807, 2.05) is 0 Å². The van der Waals surface area contributed by atoms with Crippen LogP contribution < -0.4 is 4.74 Å². The molecule has 0 unspecified atom stereocenters. The highest BCUT2D eigenvalue weighted by atomic mass is 79.9. The van der Waals surface area contributed by atoms with Crippen LogP contribution in [0.5, 0.6) is 5.88 Å². The Morgan fingerprint density at radius 2 is 1.95 bits per heavy atom. The van der Waals surface area contributed by atoms with Crippen LogP contribution in [0.4, 0.5) is 22.0 Å². The van der Waals surface area contributed by atoms with Crippen LogP contribution in [0.1, 0.15) is 17.7 Å². The van der Waals surface area contributed by atoms with Crippen LogP contribution in [-0.2, 0) is 14.4 Å². The molecule has 0 aliphatic rings. The molecule has 0 saturated carbocycles. The molecule has 0 aliphatic carbocycles. The minimum absolute atomic E-state index is 0.191. The van der Waals surface area contributed by atoms with Gasteiger partial charge in [0.25, 0.3) is 15.5 Å². The Labute approximate surface area is 122 Å². The van der Waals surface area contributed by atoms with Crippen LogP contribution in [0.15, 0.2) is 11.0 Å². The number of rotatable bonds is 4. The first-order chi connectivity index (χ1) is 8.95. The predicted octanol–water partition coefficient (Wildman–Crippen LogP) is 3.74. The van der Waals surface area contributed by atoms with Crippen molar-refractivity contribution >= 4 is 35.7 Å². The molecule has 1 heterocycles. The summed E-state index contributed by atoms with van der Waals surface area (Å²) in [5.74, 6) is -1.54. The van der Waals surface area contributed by atoms with Crippen molar-refractivity contribution in [1.82, 2.24) is 4.98 Å². The Kier molecular flexibility index (Phi) is 5.19. The van der Waals surface area contributed by atoms with Gasteiger partial charge < -0.3 is 4.74 Å². The van der Waals surface area contributed by atoms with Gasteiger partial charge >= 0.3 is 6.36 Å². The van der Waals surface area contributed by atoms with Crippen molar-refractivity contribution in [3.63, 3.8) is 0 Å². The van der Waals surface area contributed by atoms with E-state index in [4.69, 9.17) is 10.7 Å². The summed E-state index contributed by atoms with van der Waals surface area (Å²) in [6, 6.07) is 0.623. The number of halogens is 7. The van der Waals surface area contributed by atoms with Gasteiger partial charge in [-0.1, -0.05) is 15.9 Å². The summed E-state index contributed by atoms with van der Waals surface area (Å²) in [5, 5.41) is -0.191. The van der Waals surface area contributed by atoms with E-state index in [1.165, 1.54) is 0 Å². The monoisotopic (exact) mass is 403 g/mol. The Balaban J connectivity index is 3.65. The highest BCUT2D eigenvalue weighted by molar-refractivity contribution is 9.08. The number of ether oxygens (including phenoxy) is 1. The maximum atomic E-state index is 12.8. The number of hydrogen-bond acceptors (Lipinski definition) is 4. The van der Waals surface area contributed by atoms with Crippen LogP contribution in [-0.4, -0.2) is 19.8 Å². The lowest BCUT2D eigenvalue weighted by Crippen LogP contribution is -2.20. The van der Waals surface area contributed by atoms with E-state index in [-0.39, 0.29) is 11.0 Å². The molecule has 0 aromatic carbocycles. The third-order valence-electron chi connectivity index (χ3n) is 1.85. The predicted molar refractivity (Wildman–Crippen MR) is 61.5 cm³/mol. The minimum Gasteiger partial charge on any atom is -0.386 e. The molecule has 0 bridgehead atoms. The lowest BCUT2D eigenvalue weighted by Gasteiger charge is -2.14. The zero-order chi connectivity index (χ0) is 15.7. The number of hydrogen-bond donors (Lipinski definition) is 0. The van der Waals surface area contributed by atoms with Crippen LogP contribution in [0, 0.1) is 0 Å². The van der Waals surface area contributed by atoms with Crippen molar-refractivity contribution in [2.75, 3.05) is 0 Å². The normalized spacial score (nSPS) is 12.8. The van der Waals surface area contributed by atoms with Gasteiger partial charge in [0.2, 0.25) is 5.88 Å². The largest absolute Gasteiger partial charge is 0.574 e. The van der Waals surface area contributed by atoms with Gasteiger partial charge in [-0.15, -0.1) is 13.2 Å².